The minimum atomic E-state index is 0.694. The van der Waals surface area contributed by atoms with Crippen LogP contribution in [0.2, 0.25) is 0 Å². The summed E-state index contributed by atoms with van der Waals surface area (Å²) in [5, 5.41) is 3.44. The van der Waals surface area contributed by atoms with Gasteiger partial charge in [-0.2, -0.15) is 0 Å². The van der Waals surface area contributed by atoms with Crippen molar-refractivity contribution in [2.24, 2.45) is 0 Å². The van der Waals surface area contributed by atoms with E-state index in [1.165, 1.54) is 18.4 Å². The zero-order valence-electron chi connectivity index (χ0n) is 7.98. The van der Waals surface area contributed by atoms with Crippen molar-refractivity contribution in [2.75, 3.05) is 6.54 Å². The Bertz CT molecular complexity index is 207. The molecule has 1 fully saturated rings. The van der Waals surface area contributed by atoms with Crippen molar-refractivity contribution in [1.82, 2.24) is 5.32 Å². The second-order valence-corrected chi connectivity index (χ2v) is 3.31. The van der Waals surface area contributed by atoms with Gasteiger partial charge in [-0.1, -0.05) is 17.6 Å². The monoisotopic (exact) mass is 163 g/mol. The highest BCUT2D eigenvalue weighted by Crippen LogP contribution is 2.12. The van der Waals surface area contributed by atoms with E-state index in [4.69, 9.17) is 0 Å². The summed E-state index contributed by atoms with van der Waals surface area (Å²) in [4.78, 5) is 0. The van der Waals surface area contributed by atoms with Crippen LogP contribution in [0.1, 0.15) is 33.1 Å². The highest BCUT2D eigenvalue weighted by Gasteiger charge is 2.09. The van der Waals surface area contributed by atoms with E-state index in [0.29, 0.717) is 6.04 Å². The lowest BCUT2D eigenvalue weighted by atomic mass is 10.0. The second kappa shape index (κ2) is 5.00. The number of allylic oxidation sites excluding steroid dienone is 1. The average molecular weight is 163 g/mol. The molecule has 1 aliphatic rings. The van der Waals surface area contributed by atoms with E-state index in [9.17, 15) is 0 Å². The Hall–Kier alpha value is -0.740. The molecule has 1 heteroatoms. The molecule has 0 amide bonds. The second-order valence-electron chi connectivity index (χ2n) is 3.31. The normalized spacial score (nSPS) is 26.5. The maximum absolute atomic E-state index is 3.44. The number of rotatable bonds is 1. The Balaban J connectivity index is 2.31. The fraction of sp³-hybridized carbons (Fsp3) is 0.636. The first-order valence-corrected chi connectivity index (χ1v) is 4.64. The van der Waals surface area contributed by atoms with Gasteiger partial charge >= 0.3 is 0 Å². The molecule has 1 unspecified atom stereocenters. The van der Waals surface area contributed by atoms with E-state index in [2.05, 4.69) is 30.2 Å². The van der Waals surface area contributed by atoms with Crippen LogP contribution in [0.25, 0.3) is 0 Å². The molecule has 0 saturated carbocycles. The van der Waals surface area contributed by atoms with Gasteiger partial charge in [-0.25, -0.2) is 0 Å². The molecule has 0 aromatic heterocycles. The van der Waals surface area contributed by atoms with Crippen molar-refractivity contribution in [2.45, 2.75) is 39.2 Å². The van der Waals surface area contributed by atoms with Gasteiger partial charge in [0.25, 0.3) is 0 Å². The van der Waals surface area contributed by atoms with E-state index < -0.39 is 0 Å². The van der Waals surface area contributed by atoms with E-state index in [1.807, 2.05) is 6.92 Å². The SMILES string of the molecule is CC#CC/C=C1/CCC(C)NC1. The maximum Gasteiger partial charge on any atom is 0.0272 e. The highest BCUT2D eigenvalue weighted by atomic mass is 14.9. The molecule has 0 aromatic carbocycles. The van der Waals surface area contributed by atoms with Gasteiger partial charge in [0.15, 0.2) is 0 Å². The van der Waals surface area contributed by atoms with Crippen molar-refractivity contribution in [1.29, 1.82) is 0 Å². The highest BCUT2D eigenvalue weighted by molar-refractivity contribution is 5.12. The van der Waals surface area contributed by atoms with E-state index in [-0.39, 0.29) is 0 Å². The van der Waals surface area contributed by atoms with Gasteiger partial charge in [0.2, 0.25) is 0 Å². The number of hydrogen-bond acceptors (Lipinski definition) is 1. The fourth-order valence-electron chi connectivity index (χ4n) is 1.37. The minimum absolute atomic E-state index is 0.694. The topological polar surface area (TPSA) is 12.0 Å². The van der Waals surface area contributed by atoms with E-state index in [0.717, 1.165) is 13.0 Å². The molecular weight excluding hydrogens is 146 g/mol. The molecule has 1 N–H and O–H groups in total. The molecule has 1 rings (SSSR count). The molecule has 0 radical (unpaired) electrons. The van der Waals surface area contributed by atoms with Crippen LogP contribution in [0, 0.1) is 11.8 Å². The summed E-state index contributed by atoms with van der Waals surface area (Å²) in [7, 11) is 0. The van der Waals surface area contributed by atoms with Gasteiger partial charge < -0.3 is 5.32 Å². The molecule has 66 valence electrons. The third-order valence-corrected chi connectivity index (χ3v) is 2.25. The smallest absolute Gasteiger partial charge is 0.0272 e. The fourth-order valence-corrected chi connectivity index (χ4v) is 1.37. The van der Waals surface area contributed by atoms with Crippen LogP contribution in [0.3, 0.4) is 0 Å². The molecule has 0 aliphatic carbocycles. The third kappa shape index (κ3) is 3.11. The molecule has 1 atom stereocenters. The quantitative estimate of drug-likeness (QED) is 0.461. The Labute approximate surface area is 75.2 Å². The van der Waals surface area contributed by atoms with E-state index >= 15 is 0 Å². The van der Waals surface area contributed by atoms with Crippen LogP contribution in [0.5, 0.6) is 0 Å². The predicted octanol–water partition coefficient (Wildman–Crippen LogP) is 2.10. The van der Waals surface area contributed by atoms with Gasteiger partial charge in [0, 0.05) is 19.0 Å². The summed E-state index contributed by atoms with van der Waals surface area (Å²) >= 11 is 0. The molecular formula is C11H17N. The number of nitrogens with one attached hydrogen (secondary N) is 1. The minimum Gasteiger partial charge on any atom is -0.311 e. The largest absolute Gasteiger partial charge is 0.311 e. The van der Waals surface area contributed by atoms with Crippen molar-refractivity contribution < 1.29 is 0 Å². The standard InChI is InChI=1S/C11H17N/c1-3-4-5-6-11-8-7-10(2)12-9-11/h6,10,12H,5,7-9H2,1-2H3/b11-6-. The van der Waals surface area contributed by atoms with Crippen molar-refractivity contribution in [3.8, 4) is 11.8 Å². The molecule has 1 saturated heterocycles. The average Bonchev–Trinajstić information content (AvgIpc) is 2.09. The van der Waals surface area contributed by atoms with Gasteiger partial charge in [-0.05, 0) is 26.7 Å². The zero-order valence-corrected chi connectivity index (χ0v) is 7.98. The summed E-state index contributed by atoms with van der Waals surface area (Å²) in [6.07, 6.45) is 5.70. The van der Waals surface area contributed by atoms with Gasteiger partial charge in [0.1, 0.15) is 0 Å². The Morgan fingerprint density at radius 2 is 2.50 bits per heavy atom. The molecule has 0 spiro atoms. The summed E-state index contributed by atoms with van der Waals surface area (Å²) in [6, 6.07) is 0.694. The summed E-state index contributed by atoms with van der Waals surface area (Å²) in [5.41, 5.74) is 1.52. The molecule has 1 aliphatic heterocycles. The number of hydrogen-bond donors (Lipinski definition) is 1. The van der Waals surface area contributed by atoms with Crippen LogP contribution in [-0.2, 0) is 0 Å². The first-order valence-electron chi connectivity index (χ1n) is 4.64. The number of piperidine rings is 1. The Morgan fingerprint density at radius 1 is 1.67 bits per heavy atom. The van der Waals surface area contributed by atoms with Gasteiger partial charge in [-0.15, -0.1) is 5.92 Å². The summed E-state index contributed by atoms with van der Waals surface area (Å²) in [6.45, 7) is 5.19. The zero-order chi connectivity index (χ0) is 8.81. The maximum atomic E-state index is 3.44. The predicted molar refractivity (Wildman–Crippen MR) is 52.8 cm³/mol. The molecule has 0 aromatic rings. The van der Waals surface area contributed by atoms with Crippen LogP contribution in [0.4, 0.5) is 0 Å². The molecule has 1 heterocycles. The van der Waals surface area contributed by atoms with Crippen LogP contribution in [-0.4, -0.2) is 12.6 Å². The van der Waals surface area contributed by atoms with Crippen LogP contribution >= 0.6 is 0 Å². The van der Waals surface area contributed by atoms with Crippen molar-refractivity contribution in [3.05, 3.63) is 11.6 Å². The Kier molecular flexibility index (Phi) is 3.90. The third-order valence-electron chi connectivity index (χ3n) is 2.25. The lowest BCUT2D eigenvalue weighted by Gasteiger charge is -2.21. The summed E-state index contributed by atoms with van der Waals surface area (Å²) < 4.78 is 0. The lowest BCUT2D eigenvalue weighted by Crippen LogP contribution is -2.32. The van der Waals surface area contributed by atoms with Crippen molar-refractivity contribution >= 4 is 0 Å². The van der Waals surface area contributed by atoms with Gasteiger partial charge in [0.05, 0.1) is 0 Å². The lowest BCUT2D eigenvalue weighted by molar-refractivity contribution is 0.486. The summed E-state index contributed by atoms with van der Waals surface area (Å²) in [5.74, 6) is 5.95. The van der Waals surface area contributed by atoms with Crippen LogP contribution < -0.4 is 5.32 Å². The first kappa shape index (κ1) is 9.35. The molecule has 12 heavy (non-hydrogen) atoms. The molecule has 0 bridgehead atoms. The Morgan fingerprint density at radius 3 is 3.08 bits per heavy atom. The van der Waals surface area contributed by atoms with Crippen LogP contribution in [0.15, 0.2) is 11.6 Å². The van der Waals surface area contributed by atoms with Gasteiger partial charge in [-0.3, -0.25) is 0 Å². The van der Waals surface area contributed by atoms with E-state index in [1.54, 1.807) is 0 Å². The van der Waals surface area contributed by atoms with Crippen molar-refractivity contribution in [3.63, 3.8) is 0 Å². The first-order chi connectivity index (χ1) is 5.83. The molecule has 1 nitrogen and oxygen atoms in total.